The van der Waals surface area contributed by atoms with Crippen LogP contribution in [0.4, 0.5) is 0 Å². The number of methoxy groups -OCH3 is 1. The first-order valence-electron chi connectivity index (χ1n) is 5.97. The Balaban J connectivity index is 2.09. The first kappa shape index (κ1) is 14.1. The summed E-state index contributed by atoms with van der Waals surface area (Å²) >= 11 is 9.54. The van der Waals surface area contributed by atoms with Crippen molar-refractivity contribution in [3.63, 3.8) is 0 Å². The van der Waals surface area contributed by atoms with Crippen LogP contribution in [0.25, 0.3) is 5.78 Å². The van der Waals surface area contributed by atoms with Crippen LogP contribution in [-0.2, 0) is 0 Å². The Bertz CT molecular complexity index is 821. The molecule has 3 aromatic rings. The van der Waals surface area contributed by atoms with E-state index in [1.54, 1.807) is 19.2 Å². The molecule has 3 rings (SSSR count). The van der Waals surface area contributed by atoms with Crippen LogP contribution in [0, 0.1) is 6.92 Å². The van der Waals surface area contributed by atoms with Crippen molar-refractivity contribution in [1.29, 1.82) is 0 Å². The zero-order valence-electron chi connectivity index (χ0n) is 11.2. The summed E-state index contributed by atoms with van der Waals surface area (Å²) in [6.45, 7) is 1.81. The Morgan fingerprint density at radius 2 is 2.14 bits per heavy atom. The third-order valence-electron chi connectivity index (χ3n) is 2.90. The molecule has 0 radical (unpaired) electrons. The molecule has 0 N–H and O–H groups in total. The molecule has 0 aliphatic carbocycles. The largest absolute Gasteiger partial charge is 0.497 e. The molecule has 21 heavy (non-hydrogen) atoms. The second-order valence-corrected chi connectivity index (χ2v) is 5.42. The summed E-state index contributed by atoms with van der Waals surface area (Å²) in [5.74, 6) is 2.18. The van der Waals surface area contributed by atoms with Gasteiger partial charge in [0.2, 0.25) is 5.88 Å². The van der Waals surface area contributed by atoms with Crippen LogP contribution in [-0.4, -0.2) is 26.7 Å². The normalized spacial score (nSPS) is 10.9. The summed E-state index contributed by atoms with van der Waals surface area (Å²) in [5.41, 5.74) is 0.678. The molecule has 2 heterocycles. The van der Waals surface area contributed by atoms with Crippen LogP contribution < -0.4 is 9.47 Å². The number of rotatable bonds is 3. The number of halogens is 2. The predicted molar refractivity (Wildman–Crippen MR) is 81.3 cm³/mol. The summed E-state index contributed by atoms with van der Waals surface area (Å²) in [5, 5.41) is 4.43. The molecule has 108 valence electrons. The molecule has 0 saturated heterocycles. The minimum absolute atomic E-state index is 0.329. The average Bonchev–Trinajstić information content (AvgIpc) is 2.93. The highest BCUT2D eigenvalue weighted by molar-refractivity contribution is 9.10. The van der Waals surface area contributed by atoms with E-state index in [4.69, 9.17) is 21.1 Å². The van der Waals surface area contributed by atoms with Gasteiger partial charge in [0.05, 0.1) is 11.6 Å². The molecular formula is C13H10BrClN4O2. The zero-order chi connectivity index (χ0) is 15.0. The number of aromatic nitrogens is 4. The third kappa shape index (κ3) is 2.54. The first-order valence-corrected chi connectivity index (χ1v) is 7.14. The van der Waals surface area contributed by atoms with Crippen molar-refractivity contribution < 1.29 is 9.47 Å². The van der Waals surface area contributed by atoms with Crippen LogP contribution in [0.2, 0.25) is 5.15 Å². The highest BCUT2D eigenvalue weighted by atomic mass is 79.9. The van der Waals surface area contributed by atoms with E-state index in [-0.39, 0.29) is 0 Å². The van der Waals surface area contributed by atoms with Gasteiger partial charge in [0, 0.05) is 5.56 Å². The highest BCUT2D eigenvalue weighted by Gasteiger charge is 2.15. The molecule has 0 aliphatic heterocycles. The molecular weight excluding hydrogens is 360 g/mol. The van der Waals surface area contributed by atoms with E-state index in [0.717, 1.165) is 10.2 Å². The third-order valence-corrected chi connectivity index (χ3v) is 3.88. The molecule has 2 aromatic heterocycles. The molecule has 0 amide bonds. The van der Waals surface area contributed by atoms with Gasteiger partial charge in [0.25, 0.3) is 5.78 Å². The van der Waals surface area contributed by atoms with Crippen LogP contribution >= 0.6 is 27.5 Å². The lowest BCUT2D eigenvalue weighted by molar-refractivity contribution is 0.409. The Morgan fingerprint density at radius 1 is 1.33 bits per heavy atom. The SMILES string of the molecule is COc1ccc(Oc2c(C)c(Cl)nc3ncnn23)c(Br)c1. The molecule has 0 bridgehead atoms. The van der Waals surface area contributed by atoms with Crippen LogP contribution in [0.15, 0.2) is 29.0 Å². The number of nitrogens with zero attached hydrogens (tertiary/aromatic N) is 4. The van der Waals surface area contributed by atoms with Gasteiger partial charge in [-0.15, -0.1) is 0 Å². The predicted octanol–water partition coefficient (Wildman–Crippen LogP) is 3.65. The van der Waals surface area contributed by atoms with Crippen molar-refractivity contribution in [2.24, 2.45) is 0 Å². The minimum atomic E-state index is 0.329. The van der Waals surface area contributed by atoms with Crippen molar-refractivity contribution in [2.45, 2.75) is 6.92 Å². The molecule has 0 fully saturated rings. The van der Waals surface area contributed by atoms with Gasteiger partial charge in [-0.1, -0.05) is 11.6 Å². The Labute approximate surface area is 133 Å². The lowest BCUT2D eigenvalue weighted by atomic mass is 10.3. The maximum atomic E-state index is 6.10. The number of hydrogen-bond acceptors (Lipinski definition) is 5. The van der Waals surface area contributed by atoms with Gasteiger partial charge >= 0.3 is 0 Å². The maximum absolute atomic E-state index is 6.10. The van der Waals surface area contributed by atoms with E-state index < -0.39 is 0 Å². The molecule has 0 atom stereocenters. The molecule has 0 saturated carbocycles. The van der Waals surface area contributed by atoms with Crippen molar-refractivity contribution >= 4 is 33.3 Å². The molecule has 1 aromatic carbocycles. The number of hydrogen-bond donors (Lipinski definition) is 0. The molecule has 6 nitrogen and oxygen atoms in total. The van der Waals surface area contributed by atoms with Gasteiger partial charge in [0.15, 0.2) is 0 Å². The Hall–Kier alpha value is -1.86. The molecule has 0 aliphatic rings. The number of fused-ring (bicyclic) bond motifs is 1. The average molecular weight is 370 g/mol. The zero-order valence-corrected chi connectivity index (χ0v) is 13.5. The topological polar surface area (TPSA) is 61.5 Å². The van der Waals surface area contributed by atoms with E-state index in [1.807, 2.05) is 13.0 Å². The molecule has 0 spiro atoms. The maximum Gasteiger partial charge on any atom is 0.256 e. The van der Waals surface area contributed by atoms with Crippen molar-refractivity contribution in [1.82, 2.24) is 19.6 Å². The van der Waals surface area contributed by atoms with Gasteiger partial charge in [-0.3, -0.25) is 0 Å². The number of benzene rings is 1. The fraction of sp³-hybridized carbons (Fsp3) is 0.154. The smallest absolute Gasteiger partial charge is 0.256 e. The fourth-order valence-electron chi connectivity index (χ4n) is 1.79. The standard InChI is InChI=1S/C13H10BrClN4O2/c1-7-11(15)18-13-16-6-17-19(13)12(7)21-10-4-3-8(20-2)5-9(10)14/h3-6H,1-2H3. The van der Waals surface area contributed by atoms with Gasteiger partial charge in [-0.05, 0) is 41.1 Å². The van der Waals surface area contributed by atoms with Crippen LogP contribution in [0.5, 0.6) is 17.4 Å². The monoisotopic (exact) mass is 368 g/mol. The minimum Gasteiger partial charge on any atom is -0.497 e. The second-order valence-electron chi connectivity index (χ2n) is 4.20. The van der Waals surface area contributed by atoms with Crippen LogP contribution in [0.1, 0.15) is 5.56 Å². The van der Waals surface area contributed by atoms with E-state index in [2.05, 4.69) is 31.0 Å². The summed E-state index contributed by atoms with van der Waals surface area (Å²) in [6, 6.07) is 5.40. The quantitative estimate of drug-likeness (QED) is 0.660. The second kappa shape index (κ2) is 5.50. The Morgan fingerprint density at radius 3 is 2.86 bits per heavy atom. The van der Waals surface area contributed by atoms with Gasteiger partial charge in [0.1, 0.15) is 23.0 Å². The fourth-order valence-corrected chi connectivity index (χ4v) is 2.38. The van der Waals surface area contributed by atoms with Crippen molar-refractivity contribution in [3.8, 4) is 17.4 Å². The highest BCUT2D eigenvalue weighted by Crippen LogP contribution is 2.35. The lowest BCUT2D eigenvalue weighted by Crippen LogP contribution is -2.02. The van der Waals surface area contributed by atoms with E-state index in [1.165, 1.54) is 10.8 Å². The van der Waals surface area contributed by atoms with E-state index >= 15 is 0 Å². The van der Waals surface area contributed by atoms with Gasteiger partial charge in [-0.2, -0.15) is 19.6 Å². The van der Waals surface area contributed by atoms with Gasteiger partial charge < -0.3 is 9.47 Å². The van der Waals surface area contributed by atoms with Gasteiger partial charge in [-0.25, -0.2) is 0 Å². The summed E-state index contributed by atoms with van der Waals surface area (Å²) in [7, 11) is 1.61. The lowest BCUT2D eigenvalue weighted by Gasteiger charge is -2.12. The summed E-state index contributed by atoms with van der Waals surface area (Å²) < 4.78 is 13.3. The molecule has 8 heteroatoms. The van der Waals surface area contributed by atoms with Crippen molar-refractivity contribution in [3.05, 3.63) is 39.7 Å². The summed E-state index contributed by atoms with van der Waals surface area (Å²) in [6.07, 6.45) is 1.40. The van der Waals surface area contributed by atoms with E-state index in [0.29, 0.717) is 28.1 Å². The van der Waals surface area contributed by atoms with Crippen LogP contribution in [0.3, 0.4) is 0 Å². The first-order chi connectivity index (χ1) is 10.1. The summed E-state index contributed by atoms with van der Waals surface area (Å²) in [4.78, 5) is 8.15. The van der Waals surface area contributed by atoms with Crippen molar-refractivity contribution in [2.75, 3.05) is 7.11 Å². The Kier molecular flexibility index (Phi) is 3.69. The number of ether oxygens (including phenoxy) is 2. The molecule has 0 unspecified atom stereocenters. The van der Waals surface area contributed by atoms with E-state index in [9.17, 15) is 0 Å².